The molecule has 2 N–H and O–H groups in total. The van der Waals surface area contributed by atoms with Crippen LogP contribution >= 0.6 is 0 Å². The summed E-state index contributed by atoms with van der Waals surface area (Å²) in [5.74, 6) is 0. The van der Waals surface area contributed by atoms with Crippen molar-refractivity contribution in [2.75, 3.05) is 42.9 Å². The molecule has 0 unspecified atom stereocenters. The largest absolute Gasteiger partial charge is 0.380 e. The van der Waals surface area contributed by atoms with Gasteiger partial charge in [0.25, 0.3) is 10.9 Å². The summed E-state index contributed by atoms with van der Waals surface area (Å²) in [6, 6.07) is 0. The molecule has 0 aliphatic carbocycles. The van der Waals surface area contributed by atoms with Crippen molar-refractivity contribution in [1.82, 2.24) is 5.32 Å². The van der Waals surface area contributed by atoms with E-state index in [4.69, 9.17) is 0 Å². The fourth-order valence-corrected chi connectivity index (χ4v) is 2.12. The molecule has 1 aliphatic rings. The van der Waals surface area contributed by atoms with Gasteiger partial charge in [-0.05, 0) is 6.42 Å². The van der Waals surface area contributed by atoms with E-state index in [1.807, 2.05) is 4.90 Å². The Labute approximate surface area is 101 Å². The quantitative estimate of drug-likeness (QED) is 0.553. The van der Waals surface area contributed by atoms with E-state index in [-0.39, 0.29) is 10.9 Å². The second-order valence-corrected chi connectivity index (χ2v) is 4.40. The zero-order chi connectivity index (χ0) is 12.3. The first-order valence-electron chi connectivity index (χ1n) is 6.28. The Bertz CT molecular complexity index is 443. The van der Waals surface area contributed by atoms with Gasteiger partial charge in [0.1, 0.15) is 11.4 Å². The molecule has 2 rings (SSSR count). The van der Waals surface area contributed by atoms with E-state index in [0.29, 0.717) is 11.4 Å². The van der Waals surface area contributed by atoms with E-state index in [1.54, 1.807) is 0 Å². The van der Waals surface area contributed by atoms with Crippen LogP contribution in [0.3, 0.4) is 0 Å². The van der Waals surface area contributed by atoms with Crippen LogP contribution < -0.4 is 26.4 Å². The van der Waals surface area contributed by atoms with Gasteiger partial charge in [-0.2, -0.15) is 0 Å². The lowest BCUT2D eigenvalue weighted by atomic mass is 10.1. The summed E-state index contributed by atoms with van der Waals surface area (Å²) in [7, 11) is 0. The maximum absolute atomic E-state index is 11.6. The first kappa shape index (κ1) is 12.1. The summed E-state index contributed by atoms with van der Waals surface area (Å²) in [6.07, 6.45) is 2.09. The molecule has 1 aromatic rings. The molecule has 17 heavy (non-hydrogen) atoms. The van der Waals surface area contributed by atoms with Gasteiger partial charge in [-0.3, -0.25) is 9.59 Å². The number of piperazine rings is 1. The van der Waals surface area contributed by atoms with Crippen LogP contribution in [0.5, 0.6) is 0 Å². The van der Waals surface area contributed by atoms with E-state index in [1.165, 1.54) is 0 Å². The van der Waals surface area contributed by atoms with Gasteiger partial charge >= 0.3 is 0 Å². The van der Waals surface area contributed by atoms with Gasteiger partial charge in [0.2, 0.25) is 0 Å². The molecule has 5 nitrogen and oxygen atoms in total. The van der Waals surface area contributed by atoms with E-state index in [0.717, 1.165) is 45.6 Å². The van der Waals surface area contributed by atoms with Crippen molar-refractivity contribution in [1.29, 1.82) is 0 Å². The minimum atomic E-state index is -0.352. The van der Waals surface area contributed by atoms with Crippen LogP contribution in [-0.4, -0.2) is 32.7 Å². The number of hydrogen-bond donors (Lipinski definition) is 2. The maximum Gasteiger partial charge on any atom is 0.253 e. The summed E-state index contributed by atoms with van der Waals surface area (Å²) in [5, 5.41) is 6.32. The molecule has 5 heteroatoms. The Morgan fingerprint density at radius 2 is 1.94 bits per heavy atom. The fraction of sp³-hybridized carbons (Fsp3) is 0.667. The highest BCUT2D eigenvalue weighted by Gasteiger charge is 2.26. The third-order valence-electron chi connectivity index (χ3n) is 3.15. The topological polar surface area (TPSA) is 61.4 Å². The zero-order valence-corrected chi connectivity index (χ0v) is 10.2. The molecule has 0 spiro atoms. The summed E-state index contributed by atoms with van der Waals surface area (Å²) < 4.78 is 0. The molecular weight excluding hydrogens is 218 g/mol. The molecule has 0 radical (unpaired) electrons. The van der Waals surface area contributed by atoms with Crippen LogP contribution in [0.1, 0.15) is 19.8 Å². The first-order chi connectivity index (χ1) is 8.25. The lowest BCUT2D eigenvalue weighted by molar-refractivity contribution is 0.587. The number of hydrogen-bond acceptors (Lipinski definition) is 5. The van der Waals surface area contributed by atoms with Crippen LogP contribution in [0.4, 0.5) is 11.4 Å². The Morgan fingerprint density at radius 1 is 1.24 bits per heavy atom. The molecule has 0 aromatic heterocycles. The lowest BCUT2D eigenvalue weighted by Gasteiger charge is -2.31. The van der Waals surface area contributed by atoms with Crippen LogP contribution in [0, 0.1) is 0 Å². The molecule has 0 atom stereocenters. The number of rotatable bonds is 5. The second kappa shape index (κ2) is 5.31. The van der Waals surface area contributed by atoms with Gasteiger partial charge in [-0.1, -0.05) is 13.3 Å². The van der Waals surface area contributed by atoms with E-state index in [9.17, 15) is 9.59 Å². The average Bonchev–Trinajstić information content (AvgIpc) is 2.38. The smallest absolute Gasteiger partial charge is 0.253 e. The number of nitrogens with one attached hydrogen (secondary N) is 2. The highest BCUT2D eigenvalue weighted by atomic mass is 16.2. The van der Waals surface area contributed by atoms with Crippen molar-refractivity contribution in [3.05, 3.63) is 20.4 Å². The third-order valence-corrected chi connectivity index (χ3v) is 3.15. The molecule has 1 heterocycles. The van der Waals surface area contributed by atoms with Crippen molar-refractivity contribution in [2.45, 2.75) is 19.8 Å². The Balaban J connectivity index is 2.08. The first-order valence-corrected chi connectivity index (χ1v) is 6.28. The molecule has 0 bridgehead atoms. The minimum Gasteiger partial charge on any atom is -0.380 e. The lowest BCUT2D eigenvalue weighted by Crippen LogP contribution is -2.50. The minimum absolute atomic E-state index is 0.328. The summed E-state index contributed by atoms with van der Waals surface area (Å²) in [4.78, 5) is 25.1. The van der Waals surface area contributed by atoms with Crippen LogP contribution in [-0.2, 0) is 0 Å². The maximum atomic E-state index is 11.6. The molecule has 94 valence electrons. The highest BCUT2D eigenvalue weighted by molar-refractivity contribution is 5.75. The van der Waals surface area contributed by atoms with Crippen LogP contribution in [0.2, 0.25) is 0 Å². The predicted molar refractivity (Wildman–Crippen MR) is 69.8 cm³/mol. The Morgan fingerprint density at radius 3 is 2.59 bits per heavy atom. The molecule has 1 saturated heterocycles. The van der Waals surface area contributed by atoms with Gasteiger partial charge in [0.15, 0.2) is 0 Å². The molecule has 1 fully saturated rings. The molecule has 1 aliphatic heterocycles. The van der Waals surface area contributed by atoms with Crippen LogP contribution in [0.15, 0.2) is 9.59 Å². The molecule has 0 saturated carbocycles. The van der Waals surface area contributed by atoms with Gasteiger partial charge in [0, 0.05) is 32.7 Å². The Hall–Kier alpha value is -1.36. The number of nitrogens with zero attached hydrogens (tertiary/aromatic N) is 1. The molecule has 1 aromatic carbocycles. The summed E-state index contributed by atoms with van der Waals surface area (Å²) >= 11 is 0. The highest BCUT2D eigenvalue weighted by Crippen LogP contribution is 2.20. The van der Waals surface area contributed by atoms with Gasteiger partial charge in [0.05, 0.1) is 0 Å². The van der Waals surface area contributed by atoms with Crippen molar-refractivity contribution in [2.24, 2.45) is 0 Å². The standard InChI is InChI=1S/C12H19N3O2/c1-2-3-4-14-9-10(12(17)11(9)16)15-7-5-13-6-8-15/h13-14H,2-8H2,1H3. The van der Waals surface area contributed by atoms with Crippen molar-refractivity contribution in [3.8, 4) is 0 Å². The second-order valence-electron chi connectivity index (χ2n) is 4.40. The van der Waals surface area contributed by atoms with Gasteiger partial charge < -0.3 is 15.5 Å². The summed E-state index contributed by atoms with van der Waals surface area (Å²) in [5.41, 5.74) is 0.457. The molecule has 0 amide bonds. The van der Waals surface area contributed by atoms with E-state index >= 15 is 0 Å². The molecular formula is C12H19N3O2. The third kappa shape index (κ3) is 2.34. The number of unbranched alkanes of at least 4 members (excludes halogenated alkanes) is 1. The van der Waals surface area contributed by atoms with Crippen molar-refractivity contribution < 1.29 is 0 Å². The predicted octanol–water partition coefficient (Wildman–Crippen LogP) is -0.0958. The fourth-order valence-electron chi connectivity index (χ4n) is 2.12. The SMILES string of the molecule is CCCCNc1c(N2CCNCC2)c(=O)c1=O. The van der Waals surface area contributed by atoms with Gasteiger partial charge in [-0.25, -0.2) is 0 Å². The number of anilines is 2. The average molecular weight is 237 g/mol. The van der Waals surface area contributed by atoms with Gasteiger partial charge in [-0.15, -0.1) is 0 Å². The monoisotopic (exact) mass is 237 g/mol. The van der Waals surface area contributed by atoms with Crippen LogP contribution in [0.25, 0.3) is 0 Å². The Kier molecular flexibility index (Phi) is 3.78. The van der Waals surface area contributed by atoms with E-state index < -0.39 is 0 Å². The normalized spacial score (nSPS) is 16.4. The van der Waals surface area contributed by atoms with Crippen molar-refractivity contribution in [3.63, 3.8) is 0 Å². The van der Waals surface area contributed by atoms with E-state index in [2.05, 4.69) is 17.6 Å². The van der Waals surface area contributed by atoms with Crippen molar-refractivity contribution >= 4 is 11.4 Å². The summed E-state index contributed by atoms with van der Waals surface area (Å²) in [6.45, 7) is 6.20. The zero-order valence-electron chi connectivity index (χ0n) is 10.2.